The lowest BCUT2D eigenvalue weighted by Gasteiger charge is -2.33. The van der Waals surface area contributed by atoms with Crippen molar-refractivity contribution in [2.24, 2.45) is 11.8 Å². The minimum atomic E-state index is -0.121. The largest absolute Gasteiger partial charge is 0.342 e. The normalized spacial score (nSPS) is 24.7. The van der Waals surface area contributed by atoms with Gasteiger partial charge < -0.3 is 10.2 Å². The van der Waals surface area contributed by atoms with E-state index in [1.54, 1.807) is 0 Å². The average Bonchev–Trinajstić information content (AvgIpc) is 3.25. The molecule has 1 N–H and O–H groups in total. The van der Waals surface area contributed by atoms with Gasteiger partial charge >= 0.3 is 0 Å². The second kappa shape index (κ2) is 8.59. The van der Waals surface area contributed by atoms with E-state index >= 15 is 0 Å². The van der Waals surface area contributed by atoms with Gasteiger partial charge in [0.2, 0.25) is 11.8 Å². The molecular formula is C24H28N2O2. The van der Waals surface area contributed by atoms with Crippen LogP contribution < -0.4 is 5.32 Å². The number of hydrogen-bond donors (Lipinski definition) is 1. The molecule has 28 heavy (non-hydrogen) atoms. The Morgan fingerprint density at radius 2 is 1.57 bits per heavy atom. The fourth-order valence-electron chi connectivity index (χ4n) is 4.65. The van der Waals surface area contributed by atoms with Gasteiger partial charge in [0.1, 0.15) is 0 Å². The molecule has 0 bridgehead atoms. The standard InChI is InChI=1S/C24H28N2O2/c27-23(25-22-11-5-2-6-12-22)21-10-7-15-26(17-21)24(28)20-14-13-19(16-20)18-8-3-1-4-9-18/h1-6,8-9,11-12,19-21H,7,10,13-17H2,(H,25,27)/t19-,20-,21?/m1/s1. The summed E-state index contributed by atoms with van der Waals surface area (Å²) in [5, 5.41) is 2.99. The number of amides is 2. The first-order chi connectivity index (χ1) is 13.7. The molecule has 2 aromatic rings. The van der Waals surface area contributed by atoms with Gasteiger partial charge in [-0.25, -0.2) is 0 Å². The van der Waals surface area contributed by atoms with Gasteiger partial charge in [-0.2, -0.15) is 0 Å². The lowest BCUT2D eigenvalue weighted by atomic mass is 9.93. The van der Waals surface area contributed by atoms with E-state index in [4.69, 9.17) is 0 Å². The Hall–Kier alpha value is -2.62. The molecule has 1 saturated carbocycles. The van der Waals surface area contributed by atoms with E-state index in [9.17, 15) is 9.59 Å². The second-order valence-electron chi connectivity index (χ2n) is 8.10. The first-order valence-corrected chi connectivity index (χ1v) is 10.4. The summed E-state index contributed by atoms with van der Waals surface area (Å²) in [5.74, 6) is 0.732. The van der Waals surface area contributed by atoms with Crippen LogP contribution in [0.25, 0.3) is 0 Å². The van der Waals surface area contributed by atoms with Crippen LogP contribution in [-0.2, 0) is 9.59 Å². The molecule has 1 aliphatic carbocycles. The van der Waals surface area contributed by atoms with Crippen molar-refractivity contribution in [1.82, 2.24) is 4.90 Å². The highest BCUT2D eigenvalue weighted by atomic mass is 16.2. The maximum Gasteiger partial charge on any atom is 0.229 e. The van der Waals surface area contributed by atoms with Gasteiger partial charge in [-0.05, 0) is 55.7 Å². The minimum Gasteiger partial charge on any atom is -0.342 e. The number of likely N-dealkylation sites (tertiary alicyclic amines) is 1. The number of hydrogen-bond acceptors (Lipinski definition) is 2. The van der Waals surface area contributed by atoms with E-state index in [0.29, 0.717) is 12.5 Å². The quantitative estimate of drug-likeness (QED) is 0.857. The van der Waals surface area contributed by atoms with Gasteiger partial charge in [-0.15, -0.1) is 0 Å². The molecule has 4 nitrogen and oxygen atoms in total. The van der Waals surface area contributed by atoms with E-state index < -0.39 is 0 Å². The van der Waals surface area contributed by atoms with Gasteiger partial charge in [0.25, 0.3) is 0 Å². The molecule has 2 aliphatic rings. The topological polar surface area (TPSA) is 49.4 Å². The highest BCUT2D eigenvalue weighted by Crippen LogP contribution is 2.39. The Labute approximate surface area is 166 Å². The number of para-hydroxylation sites is 1. The van der Waals surface area contributed by atoms with Crippen molar-refractivity contribution >= 4 is 17.5 Å². The van der Waals surface area contributed by atoms with Gasteiger partial charge in [0, 0.05) is 24.7 Å². The smallest absolute Gasteiger partial charge is 0.229 e. The zero-order chi connectivity index (χ0) is 19.3. The SMILES string of the molecule is O=C(Nc1ccccc1)C1CCCN(C(=O)[C@@H]2CC[C@@H](c3ccccc3)C2)C1. The summed E-state index contributed by atoms with van der Waals surface area (Å²) in [7, 11) is 0. The molecule has 4 heteroatoms. The summed E-state index contributed by atoms with van der Waals surface area (Å²) in [6.07, 6.45) is 4.70. The molecule has 3 atom stereocenters. The van der Waals surface area contributed by atoms with Gasteiger partial charge in [-0.3, -0.25) is 9.59 Å². The lowest BCUT2D eigenvalue weighted by molar-refractivity contribution is -0.138. The van der Waals surface area contributed by atoms with Crippen LogP contribution in [0.5, 0.6) is 0 Å². The van der Waals surface area contributed by atoms with Crippen molar-refractivity contribution in [2.45, 2.75) is 38.0 Å². The predicted octanol–water partition coefficient (Wildman–Crippen LogP) is 4.45. The van der Waals surface area contributed by atoms with Crippen LogP contribution in [0.2, 0.25) is 0 Å². The molecule has 4 rings (SSSR count). The molecule has 1 heterocycles. The Balaban J connectivity index is 1.34. The molecule has 146 valence electrons. The van der Waals surface area contributed by atoms with Crippen LogP contribution in [0.15, 0.2) is 60.7 Å². The van der Waals surface area contributed by atoms with Crippen LogP contribution in [0.3, 0.4) is 0 Å². The van der Waals surface area contributed by atoms with E-state index in [1.165, 1.54) is 5.56 Å². The zero-order valence-electron chi connectivity index (χ0n) is 16.2. The summed E-state index contributed by atoms with van der Waals surface area (Å²) in [6.45, 7) is 1.32. The van der Waals surface area contributed by atoms with Crippen LogP contribution >= 0.6 is 0 Å². The van der Waals surface area contributed by atoms with Crippen LogP contribution in [0.1, 0.15) is 43.6 Å². The maximum atomic E-state index is 13.1. The highest BCUT2D eigenvalue weighted by molar-refractivity contribution is 5.93. The fourth-order valence-corrected chi connectivity index (χ4v) is 4.65. The molecular weight excluding hydrogens is 348 g/mol. The lowest BCUT2D eigenvalue weighted by Crippen LogP contribution is -2.45. The second-order valence-corrected chi connectivity index (χ2v) is 8.10. The first-order valence-electron chi connectivity index (χ1n) is 10.4. The van der Waals surface area contributed by atoms with Crippen molar-refractivity contribution in [2.75, 3.05) is 18.4 Å². The van der Waals surface area contributed by atoms with E-state index in [0.717, 1.165) is 44.3 Å². The number of nitrogens with zero attached hydrogens (tertiary/aromatic N) is 1. The van der Waals surface area contributed by atoms with Crippen LogP contribution in [0, 0.1) is 11.8 Å². The Kier molecular flexibility index (Phi) is 5.75. The zero-order valence-corrected chi connectivity index (χ0v) is 16.2. The molecule has 2 fully saturated rings. The molecule has 2 aromatic carbocycles. The Morgan fingerprint density at radius 3 is 2.32 bits per heavy atom. The summed E-state index contributed by atoms with van der Waals surface area (Å²) < 4.78 is 0. The third-order valence-corrected chi connectivity index (χ3v) is 6.20. The van der Waals surface area contributed by atoms with Crippen molar-refractivity contribution in [3.63, 3.8) is 0 Å². The highest BCUT2D eigenvalue weighted by Gasteiger charge is 2.36. The fraction of sp³-hybridized carbons (Fsp3) is 0.417. The summed E-state index contributed by atoms with van der Waals surface area (Å²) in [4.78, 5) is 27.7. The van der Waals surface area contributed by atoms with E-state index in [1.807, 2.05) is 41.3 Å². The van der Waals surface area contributed by atoms with Gasteiger partial charge in [0.05, 0.1) is 5.92 Å². The van der Waals surface area contributed by atoms with Crippen LogP contribution in [0.4, 0.5) is 5.69 Å². The number of benzene rings is 2. The molecule has 0 radical (unpaired) electrons. The van der Waals surface area contributed by atoms with Gasteiger partial charge in [-0.1, -0.05) is 48.5 Å². The van der Waals surface area contributed by atoms with Crippen molar-refractivity contribution in [3.05, 3.63) is 66.2 Å². The molecule has 0 spiro atoms. The minimum absolute atomic E-state index is 0.0253. The van der Waals surface area contributed by atoms with Crippen molar-refractivity contribution in [1.29, 1.82) is 0 Å². The Morgan fingerprint density at radius 1 is 0.857 bits per heavy atom. The van der Waals surface area contributed by atoms with Crippen LogP contribution in [-0.4, -0.2) is 29.8 Å². The van der Waals surface area contributed by atoms with Crippen molar-refractivity contribution in [3.8, 4) is 0 Å². The summed E-state index contributed by atoms with van der Waals surface area (Å²) >= 11 is 0. The third kappa shape index (κ3) is 4.27. The first kappa shape index (κ1) is 18.7. The van der Waals surface area contributed by atoms with Crippen molar-refractivity contribution < 1.29 is 9.59 Å². The molecule has 1 aliphatic heterocycles. The van der Waals surface area contributed by atoms with E-state index in [2.05, 4.69) is 29.6 Å². The number of piperidine rings is 1. The molecule has 1 saturated heterocycles. The average molecular weight is 377 g/mol. The number of carbonyl (C=O) groups excluding carboxylic acids is 2. The monoisotopic (exact) mass is 376 g/mol. The number of nitrogens with one attached hydrogen (secondary N) is 1. The van der Waals surface area contributed by atoms with E-state index in [-0.39, 0.29) is 23.7 Å². The maximum absolute atomic E-state index is 13.1. The number of carbonyl (C=O) groups is 2. The Bertz CT molecular complexity index is 806. The number of anilines is 1. The van der Waals surface area contributed by atoms with Gasteiger partial charge in [0.15, 0.2) is 0 Å². The number of rotatable bonds is 4. The summed E-state index contributed by atoms with van der Waals surface area (Å²) in [5.41, 5.74) is 2.16. The molecule has 1 unspecified atom stereocenters. The third-order valence-electron chi connectivity index (χ3n) is 6.20. The summed E-state index contributed by atoms with van der Waals surface area (Å²) in [6, 6.07) is 20.1. The molecule has 0 aromatic heterocycles. The predicted molar refractivity (Wildman–Crippen MR) is 111 cm³/mol. The molecule has 2 amide bonds.